The van der Waals surface area contributed by atoms with Gasteiger partial charge in [-0.15, -0.1) is 0 Å². The maximum atomic E-state index is 3.82. The molecule has 0 aromatic heterocycles. The maximum absolute atomic E-state index is 3.82. The van der Waals surface area contributed by atoms with Crippen LogP contribution in [0.25, 0.3) is 0 Å². The number of thioether (sulfide) groups is 2. The Kier molecular flexibility index (Phi) is 5.18. The summed E-state index contributed by atoms with van der Waals surface area (Å²) in [6.45, 7) is 1.26. The van der Waals surface area contributed by atoms with Crippen LogP contribution in [-0.4, -0.2) is 35.1 Å². The molecule has 1 N–H and O–H groups in total. The van der Waals surface area contributed by atoms with Crippen LogP contribution in [0.15, 0.2) is 0 Å². The predicted octanol–water partition coefficient (Wildman–Crippen LogP) is 3.15. The first-order valence-electron chi connectivity index (χ1n) is 6.28. The molecule has 0 aromatic rings. The molecule has 1 heterocycles. The second-order valence-corrected chi connectivity index (χ2v) is 7.19. The summed E-state index contributed by atoms with van der Waals surface area (Å²) in [5, 5.41) is 5.61. The Hall–Kier alpha value is 0.660. The number of hydrogen-bond acceptors (Lipinski definition) is 3. The van der Waals surface area contributed by atoms with Crippen LogP contribution in [-0.2, 0) is 0 Å². The summed E-state index contributed by atoms with van der Waals surface area (Å²) in [5.41, 5.74) is 0. The Labute approximate surface area is 103 Å². The average Bonchev–Trinajstić information content (AvgIpc) is 2.79. The lowest BCUT2D eigenvalue weighted by atomic mass is 9.95. The summed E-state index contributed by atoms with van der Waals surface area (Å²) < 4.78 is 0. The van der Waals surface area contributed by atoms with Crippen LogP contribution in [0.3, 0.4) is 0 Å². The highest BCUT2D eigenvalue weighted by Crippen LogP contribution is 2.29. The van der Waals surface area contributed by atoms with Crippen LogP contribution >= 0.6 is 23.5 Å². The van der Waals surface area contributed by atoms with Gasteiger partial charge in [-0.3, -0.25) is 0 Å². The van der Waals surface area contributed by atoms with Gasteiger partial charge in [-0.2, -0.15) is 23.5 Å². The molecule has 2 fully saturated rings. The third kappa shape index (κ3) is 3.57. The van der Waals surface area contributed by atoms with Crippen molar-refractivity contribution in [1.29, 1.82) is 0 Å². The average molecular weight is 245 g/mol. The van der Waals surface area contributed by atoms with Gasteiger partial charge in [0.2, 0.25) is 0 Å². The summed E-state index contributed by atoms with van der Waals surface area (Å²) in [6.07, 6.45) is 10.9. The molecule has 0 bridgehead atoms. The molecule has 3 atom stereocenters. The van der Waals surface area contributed by atoms with Gasteiger partial charge in [-0.1, -0.05) is 12.8 Å². The minimum atomic E-state index is 0.801. The molecule has 1 aliphatic heterocycles. The molecule has 0 amide bonds. The molecule has 1 nitrogen and oxygen atoms in total. The highest BCUT2D eigenvalue weighted by Gasteiger charge is 2.25. The van der Waals surface area contributed by atoms with Crippen molar-refractivity contribution in [2.45, 2.75) is 55.1 Å². The Balaban J connectivity index is 1.71. The van der Waals surface area contributed by atoms with Crippen LogP contribution in [0.4, 0.5) is 0 Å². The zero-order valence-electron chi connectivity index (χ0n) is 9.71. The largest absolute Gasteiger partial charge is 0.312 e. The van der Waals surface area contributed by atoms with E-state index in [4.69, 9.17) is 0 Å². The summed E-state index contributed by atoms with van der Waals surface area (Å²) in [4.78, 5) is 0. The van der Waals surface area contributed by atoms with Gasteiger partial charge in [0.15, 0.2) is 0 Å². The molecule has 2 rings (SSSR count). The lowest BCUT2D eigenvalue weighted by Crippen LogP contribution is -2.42. The minimum absolute atomic E-state index is 0.801. The van der Waals surface area contributed by atoms with Crippen LogP contribution < -0.4 is 5.32 Å². The van der Waals surface area contributed by atoms with Crippen molar-refractivity contribution in [2.24, 2.45) is 0 Å². The van der Waals surface area contributed by atoms with Gasteiger partial charge in [0.1, 0.15) is 0 Å². The number of rotatable bonds is 4. The zero-order valence-corrected chi connectivity index (χ0v) is 11.3. The van der Waals surface area contributed by atoms with Gasteiger partial charge in [-0.05, 0) is 37.7 Å². The van der Waals surface area contributed by atoms with E-state index in [1.54, 1.807) is 0 Å². The van der Waals surface area contributed by atoms with E-state index in [9.17, 15) is 0 Å². The molecular weight excluding hydrogens is 222 g/mol. The molecule has 2 aliphatic rings. The van der Waals surface area contributed by atoms with Crippen molar-refractivity contribution < 1.29 is 0 Å². The Bertz CT molecular complexity index is 180. The van der Waals surface area contributed by atoms with Gasteiger partial charge in [0, 0.05) is 23.1 Å². The summed E-state index contributed by atoms with van der Waals surface area (Å²) in [7, 11) is 0. The van der Waals surface area contributed by atoms with E-state index in [-0.39, 0.29) is 0 Å². The zero-order chi connectivity index (χ0) is 10.5. The van der Waals surface area contributed by atoms with E-state index in [1.807, 2.05) is 0 Å². The molecule has 1 saturated heterocycles. The van der Waals surface area contributed by atoms with E-state index in [0.29, 0.717) is 0 Å². The highest BCUT2D eigenvalue weighted by molar-refractivity contribution is 8.00. The topological polar surface area (TPSA) is 12.0 Å². The SMILES string of the molecule is CSC1CCCCC1NCC1CCCS1. The lowest BCUT2D eigenvalue weighted by Gasteiger charge is -2.31. The molecule has 0 aromatic carbocycles. The molecule has 88 valence electrons. The lowest BCUT2D eigenvalue weighted by molar-refractivity contribution is 0.384. The molecular formula is C12H23NS2. The van der Waals surface area contributed by atoms with Crippen LogP contribution in [0.2, 0.25) is 0 Å². The van der Waals surface area contributed by atoms with E-state index >= 15 is 0 Å². The normalized spacial score (nSPS) is 37.0. The third-order valence-electron chi connectivity index (χ3n) is 3.64. The summed E-state index contributed by atoms with van der Waals surface area (Å²) in [6, 6.07) is 0.801. The molecule has 1 saturated carbocycles. The van der Waals surface area contributed by atoms with Crippen LogP contribution in [0.1, 0.15) is 38.5 Å². The van der Waals surface area contributed by atoms with E-state index in [2.05, 4.69) is 35.1 Å². The Morgan fingerprint density at radius 3 is 2.80 bits per heavy atom. The van der Waals surface area contributed by atoms with Crippen LogP contribution in [0, 0.1) is 0 Å². The minimum Gasteiger partial charge on any atom is -0.312 e. The quantitative estimate of drug-likeness (QED) is 0.817. The predicted molar refractivity (Wildman–Crippen MR) is 73.0 cm³/mol. The fraction of sp³-hybridized carbons (Fsp3) is 1.00. The van der Waals surface area contributed by atoms with Crippen molar-refractivity contribution in [3.05, 3.63) is 0 Å². The number of hydrogen-bond donors (Lipinski definition) is 1. The Morgan fingerprint density at radius 2 is 2.07 bits per heavy atom. The molecule has 3 unspecified atom stereocenters. The van der Waals surface area contributed by atoms with Gasteiger partial charge >= 0.3 is 0 Å². The van der Waals surface area contributed by atoms with Gasteiger partial charge < -0.3 is 5.32 Å². The van der Waals surface area contributed by atoms with E-state index < -0.39 is 0 Å². The smallest absolute Gasteiger partial charge is 0.0198 e. The van der Waals surface area contributed by atoms with Crippen molar-refractivity contribution in [2.75, 3.05) is 18.6 Å². The van der Waals surface area contributed by atoms with Crippen molar-refractivity contribution in [3.63, 3.8) is 0 Å². The molecule has 3 heteroatoms. The second-order valence-electron chi connectivity index (χ2n) is 4.71. The van der Waals surface area contributed by atoms with Crippen molar-refractivity contribution in [1.82, 2.24) is 5.32 Å². The van der Waals surface area contributed by atoms with Gasteiger partial charge in [0.25, 0.3) is 0 Å². The van der Waals surface area contributed by atoms with Crippen LogP contribution in [0.5, 0.6) is 0 Å². The molecule has 15 heavy (non-hydrogen) atoms. The van der Waals surface area contributed by atoms with Crippen molar-refractivity contribution in [3.8, 4) is 0 Å². The summed E-state index contributed by atoms with van der Waals surface area (Å²) in [5.74, 6) is 1.39. The molecule has 0 spiro atoms. The van der Waals surface area contributed by atoms with Gasteiger partial charge in [-0.25, -0.2) is 0 Å². The second kappa shape index (κ2) is 6.41. The van der Waals surface area contributed by atoms with E-state index in [1.165, 1.54) is 50.8 Å². The third-order valence-corrected chi connectivity index (χ3v) is 6.20. The first-order valence-corrected chi connectivity index (χ1v) is 8.61. The monoisotopic (exact) mass is 245 g/mol. The van der Waals surface area contributed by atoms with Gasteiger partial charge in [0.05, 0.1) is 0 Å². The number of nitrogens with one attached hydrogen (secondary N) is 1. The molecule has 1 aliphatic carbocycles. The van der Waals surface area contributed by atoms with Crippen molar-refractivity contribution >= 4 is 23.5 Å². The highest BCUT2D eigenvalue weighted by atomic mass is 32.2. The fourth-order valence-electron chi connectivity index (χ4n) is 2.70. The first kappa shape index (κ1) is 12.1. The standard InChI is InChI=1S/C12H23NS2/c1-14-12-7-3-2-6-11(12)13-9-10-5-4-8-15-10/h10-13H,2-9H2,1H3. The maximum Gasteiger partial charge on any atom is 0.0198 e. The Morgan fingerprint density at radius 1 is 1.20 bits per heavy atom. The summed E-state index contributed by atoms with van der Waals surface area (Å²) >= 11 is 4.24. The fourth-order valence-corrected chi connectivity index (χ4v) is 4.88. The first-order chi connectivity index (χ1) is 7.40. The molecule has 0 radical (unpaired) electrons. The van der Waals surface area contributed by atoms with E-state index in [0.717, 1.165) is 16.5 Å².